The van der Waals surface area contributed by atoms with Crippen molar-refractivity contribution >= 4 is 11.8 Å². The first-order chi connectivity index (χ1) is 7.74. The van der Waals surface area contributed by atoms with Crippen LogP contribution in [0.15, 0.2) is 0 Å². The number of hydrogen-bond acceptors (Lipinski definition) is 2. The van der Waals surface area contributed by atoms with Crippen LogP contribution in [-0.2, 0) is 9.59 Å². The van der Waals surface area contributed by atoms with Crippen molar-refractivity contribution in [3.8, 4) is 0 Å². The fourth-order valence-corrected chi connectivity index (χ4v) is 3.65. The Morgan fingerprint density at radius 3 is 2.75 bits per heavy atom. The summed E-state index contributed by atoms with van der Waals surface area (Å²) in [4.78, 5) is 25.2. The zero-order valence-electron chi connectivity index (χ0n) is 9.45. The topological polar surface area (TPSA) is 49.4 Å². The number of rotatable bonds is 1. The number of hydrogen-bond donors (Lipinski definition) is 1. The number of fused-ring (bicyclic) bond motifs is 2. The van der Waals surface area contributed by atoms with E-state index >= 15 is 0 Å². The quantitative estimate of drug-likeness (QED) is 0.703. The summed E-state index contributed by atoms with van der Waals surface area (Å²) in [5, 5.41) is 2.66. The molecular weight excluding hydrogens is 204 g/mol. The third-order valence-electron chi connectivity index (χ3n) is 4.44. The average Bonchev–Trinajstić information content (AvgIpc) is 2.84. The predicted molar refractivity (Wildman–Crippen MR) is 58.6 cm³/mol. The fraction of sp³-hybridized carbons (Fsp3) is 0.833. The van der Waals surface area contributed by atoms with Crippen LogP contribution in [0.2, 0.25) is 0 Å². The highest BCUT2D eigenvalue weighted by atomic mass is 16.2. The summed E-state index contributed by atoms with van der Waals surface area (Å²) >= 11 is 0. The Kier molecular flexibility index (Phi) is 2.37. The highest BCUT2D eigenvalue weighted by Gasteiger charge is 2.43. The van der Waals surface area contributed by atoms with E-state index in [4.69, 9.17) is 0 Å². The van der Waals surface area contributed by atoms with Gasteiger partial charge in [0, 0.05) is 19.0 Å². The van der Waals surface area contributed by atoms with Crippen LogP contribution in [0.25, 0.3) is 0 Å². The molecule has 3 aliphatic rings. The largest absolute Gasteiger partial charge is 0.347 e. The van der Waals surface area contributed by atoms with Crippen molar-refractivity contribution in [1.29, 1.82) is 0 Å². The van der Waals surface area contributed by atoms with Gasteiger partial charge in [0.25, 0.3) is 0 Å². The van der Waals surface area contributed by atoms with Gasteiger partial charge in [-0.2, -0.15) is 0 Å². The summed E-state index contributed by atoms with van der Waals surface area (Å²) in [6, 6.07) is 0.430. The summed E-state index contributed by atoms with van der Waals surface area (Å²) in [5.41, 5.74) is 0. The second kappa shape index (κ2) is 3.75. The van der Waals surface area contributed by atoms with Crippen LogP contribution < -0.4 is 5.32 Å². The van der Waals surface area contributed by atoms with Crippen LogP contribution in [0.4, 0.5) is 0 Å². The molecule has 2 saturated carbocycles. The minimum Gasteiger partial charge on any atom is -0.347 e. The lowest BCUT2D eigenvalue weighted by Crippen LogP contribution is -2.45. The van der Waals surface area contributed by atoms with E-state index in [1.165, 1.54) is 25.7 Å². The smallest absolute Gasteiger partial charge is 0.242 e. The minimum absolute atomic E-state index is 0.0130. The van der Waals surface area contributed by atoms with Crippen LogP contribution in [-0.4, -0.2) is 35.8 Å². The van der Waals surface area contributed by atoms with E-state index in [9.17, 15) is 9.59 Å². The van der Waals surface area contributed by atoms with E-state index in [0.29, 0.717) is 24.9 Å². The van der Waals surface area contributed by atoms with Gasteiger partial charge in [0.05, 0.1) is 6.54 Å². The van der Waals surface area contributed by atoms with Gasteiger partial charge in [0.1, 0.15) is 0 Å². The molecule has 1 aliphatic heterocycles. The van der Waals surface area contributed by atoms with E-state index in [2.05, 4.69) is 5.32 Å². The monoisotopic (exact) mass is 222 g/mol. The Morgan fingerprint density at radius 1 is 1.19 bits per heavy atom. The normalized spacial score (nSPS) is 38.8. The van der Waals surface area contributed by atoms with Crippen LogP contribution >= 0.6 is 0 Å². The fourth-order valence-electron chi connectivity index (χ4n) is 3.65. The molecule has 1 N–H and O–H groups in total. The summed E-state index contributed by atoms with van der Waals surface area (Å²) < 4.78 is 0. The Labute approximate surface area is 95.4 Å². The van der Waals surface area contributed by atoms with Crippen LogP contribution in [0, 0.1) is 11.8 Å². The number of nitrogens with one attached hydrogen (secondary N) is 1. The Hall–Kier alpha value is -1.06. The van der Waals surface area contributed by atoms with Crippen LogP contribution in [0.5, 0.6) is 0 Å². The Bertz CT molecular complexity index is 329. The third-order valence-corrected chi connectivity index (χ3v) is 4.44. The van der Waals surface area contributed by atoms with E-state index < -0.39 is 0 Å². The summed E-state index contributed by atoms with van der Waals surface area (Å²) in [5.74, 6) is 1.68. The van der Waals surface area contributed by atoms with Gasteiger partial charge in [-0.15, -0.1) is 0 Å². The van der Waals surface area contributed by atoms with Gasteiger partial charge < -0.3 is 10.2 Å². The lowest BCUT2D eigenvalue weighted by Gasteiger charge is -2.33. The zero-order chi connectivity index (χ0) is 11.1. The van der Waals surface area contributed by atoms with Gasteiger partial charge in [0.15, 0.2) is 0 Å². The number of amides is 2. The summed E-state index contributed by atoms with van der Waals surface area (Å²) in [6.07, 6.45) is 5.57. The molecule has 88 valence electrons. The van der Waals surface area contributed by atoms with Crippen molar-refractivity contribution in [2.45, 2.75) is 38.1 Å². The molecular formula is C12H18N2O2. The molecule has 3 rings (SSSR count). The van der Waals surface area contributed by atoms with Crippen molar-refractivity contribution in [1.82, 2.24) is 10.2 Å². The highest BCUT2D eigenvalue weighted by Crippen LogP contribution is 2.46. The molecule has 0 aromatic rings. The molecule has 3 unspecified atom stereocenters. The molecule has 4 nitrogen and oxygen atoms in total. The Balaban J connectivity index is 1.73. The SMILES string of the molecule is O=C1CCN(C2CC3CCC2C3)C(=O)CN1. The maximum absolute atomic E-state index is 11.9. The van der Waals surface area contributed by atoms with E-state index in [1.807, 2.05) is 4.90 Å². The van der Waals surface area contributed by atoms with Crippen molar-refractivity contribution in [3.63, 3.8) is 0 Å². The summed E-state index contributed by atoms with van der Waals surface area (Å²) in [6.45, 7) is 0.825. The number of carbonyl (C=O) groups excluding carboxylic acids is 2. The van der Waals surface area contributed by atoms with Gasteiger partial charge in [0.2, 0.25) is 11.8 Å². The van der Waals surface area contributed by atoms with Gasteiger partial charge in [-0.05, 0) is 31.1 Å². The second-order valence-electron chi connectivity index (χ2n) is 5.36. The lowest BCUT2D eigenvalue weighted by atomic mass is 9.94. The minimum atomic E-state index is 0.0130. The standard InChI is InChI=1S/C12H18N2O2/c15-11-3-4-14(12(16)7-13-11)10-6-8-1-2-9(10)5-8/h8-10H,1-7H2,(H,13,15). The van der Waals surface area contributed by atoms with Gasteiger partial charge >= 0.3 is 0 Å². The molecule has 0 aromatic heterocycles. The van der Waals surface area contributed by atoms with Crippen LogP contribution in [0.1, 0.15) is 32.1 Å². The lowest BCUT2D eigenvalue weighted by molar-refractivity contribution is -0.133. The van der Waals surface area contributed by atoms with Gasteiger partial charge in [-0.1, -0.05) is 6.42 Å². The maximum atomic E-state index is 11.9. The molecule has 0 spiro atoms. The first kappa shape index (κ1) is 10.1. The maximum Gasteiger partial charge on any atom is 0.242 e. The van der Waals surface area contributed by atoms with Crippen molar-refractivity contribution in [3.05, 3.63) is 0 Å². The first-order valence-electron chi connectivity index (χ1n) is 6.30. The van der Waals surface area contributed by atoms with Gasteiger partial charge in [-0.25, -0.2) is 0 Å². The molecule has 2 amide bonds. The molecule has 0 radical (unpaired) electrons. The Morgan fingerprint density at radius 2 is 2.06 bits per heavy atom. The first-order valence-corrected chi connectivity index (χ1v) is 6.30. The summed E-state index contributed by atoms with van der Waals surface area (Å²) in [7, 11) is 0. The molecule has 0 aromatic carbocycles. The van der Waals surface area contributed by atoms with E-state index in [1.54, 1.807) is 0 Å². The molecule has 3 fully saturated rings. The molecule has 2 aliphatic carbocycles. The van der Waals surface area contributed by atoms with Crippen molar-refractivity contribution in [2.24, 2.45) is 11.8 Å². The zero-order valence-corrected chi connectivity index (χ0v) is 9.45. The molecule has 1 heterocycles. The molecule has 16 heavy (non-hydrogen) atoms. The average molecular weight is 222 g/mol. The highest BCUT2D eigenvalue weighted by molar-refractivity contribution is 5.87. The van der Waals surface area contributed by atoms with Crippen LogP contribution in [0.3, 0.4) is 0 Å². The number of nitrogens with zero attached hydrogens (tertiary/aromatic N) is 1. The van der Waals surface area contributed by atoms with Crippen molar-refractivity contribution < 1.29 is 9.59 Å². The molecule has 3 atom stereocenters. The van der Waals surface area contributed by atoms with E-state index in [-0.39, 0.29) is 18.4 Å². The van der Waals surface area contributed by atoms with Crippen molar-refractivity contribution in [2.75, 3.05) is 13.1 Å². The third kappa shape index (κ3) is 1.60. The van der Waals surface area contributed by atoms with Gasteiger partial charge in [-0.3, -0.25) is 9.59 Å². The number of carbonyl (C=O) groups is 2. The molecule has 4 heteroatoms. The van der Waals surface area contributed by atoms with E-state index in [0.717, 1.165) is 5.92 Å². The molecule has 2 bridgehead atoms. The second-order valence-corrected chi connectivity index (χ2v) is 5.36. The molecule has 1 saturated heterocycles. The predicted octanol–water partition coefficient (Wildman–Crippen LogP) is 0.523.